The number of likely N-dealkylation sites (tertiary alicyclic amines) is 1. The summed E-state index contributed by atoms with van der Waals surface area (Å²) in [5.41, 5.74) is 4.31. The second-order valence-electron chi connectivity index (χ2n) is 8.09. The molecule has 0 spiro atoms. The van der Waals surface area contributed by atoms with Crippen molar-refractivity contribution in [3.63, 3.8) is 0 Å². The molecular weight excluding hydrogens is 440 g/mol. The number of hydrogen-bond acceptors (Lipinski definition) is 5. The number of Topliss-reactive ketones (excluding diaryl/α,β-unsaturated/α-hetero) is 1. The van der Waals surface area contributed by atoms with Crippen molar-refractivity contribution in [3.05, 3.63) is 82.9 Å². The number of ketones is 1. The first-order valence-electron chi connectivity index (χ1n) is 10.7. The zero-order chi connectivity index (χ0) is 22.1. The Morgan fingerprint density at radius 2 is 1.97 bits per heavy atom. The molecule has 0 bridgehead atoms. The number of H-pyrrole nitrogens is 1. The Labute approximate surface area is 196 Å². The monoisotopic (exact) mass is 462 g/mol. The van der Waals surface area contributed by atoms with Gasteiger partial charge in [-0.25, -0.2) is 4.98 Å². The van der Waals surface area contributed by atoms with Gasteiger partial charge in [0.1, 0.15) is 11.6 Å². The molecule has 4 aromatic rings. The van der Waals surface area contributed by atoms with Crippen LogP contribution in [0.2, 0.25) is 5.02 Å². The van der Waals surface area contributed by atoms with E-state index in [2.05, 4.69) is 38.1 Å². The lowest BCUT2D eigenvalue weighted by atomic mass is 9.94. The van der Waals surface area contributed by atoms with E-state index in [0.717, 1.165) is 44.9 Å². The summed E-state index contributed by atoms with van der Waals surface area (Å²) >= 11 is 7.90. The summed E-state index contributed by atoms with van der Waals surface area (Å²) in [6.45, 7) is 3.72. The van der Waals surface area contributed by atoms with Crippen molar-refractivity contribution < 1.29 is 4.79 Å². The van der Waals surface area contributed by atoms with Crippen molar-refractivity contribution in [2.75, 3.05) is 13.1 Å². The highest BCUT2D eigenvalue weighted by molar-refractivity contribution is 7.19. The average Bonchev–Trinajstić information content (AvgIpc) is 3.41. The molecule has 1 saturated heterocycles. The highest BCUT2D eigenvalue weighted by Gasteiger charge is 2.31. The van der Waals surface area contributed by atoms with E-state index in [4.69, 9.17) is 11.6 Å². The Hall–Kier alpha value is -2.80. The van der Waals surface area contributed by atoms with Crippen molar-refractivity contribution in [1.29, 1.82) is 0 Å². The van der Waals surface area contributed by atoms with E-state index in [1.54, 1.807) is 30.7 Å². The van der Waals surface area contributed by atoms with Crippen molar-refractivity contribution in [2.45, 2.75) is 25.8 Å². The Morgan fingerprint density at radius 1 is 1.16 bits per heavy atom. The summed E-state index contributed by atoms with van der Waals surface area (Å²) in [6.07, 6.45) is 6.98. The lowest BCUT2D eigenvalue weighted by Crippen LogP contribution is -2.40. The molecule has 1 aromatic carbocycles. The van der Waals surface area contributed by atoms with Gasteiger partial charge in [0.25, 0.3) is 0 Å². The standard InChI is InChI=1S/C25H23ClN4OS/c1-16(31)13-20-14-18(7-8-27-20)22-15-21(24(32-22)25-28-9-10-29-25)23(30-11-2-12-30)17-3-5-19(26)6-4-17/h3-10,14-15,23H,2,11-13H2,1H3,(H,28,29)/t23-/m0/s1. The Balaban J connectivity index is 1.63. The molecule has 1 aliphatic rings. The lowest BCUT2D eigenvalue weighted by Gasteiger charge is -2.39. The van der Waals surface area contributed by atoms with Gasteiger partial charge in [0.15, 0.2) is 0 Å². The molecule has 0 aliphatic carbocycles. The van der Waals surface area contributed by atoms with E-state index >= 15 is 0 Å². The number of nitrogens with zero attached hydrogens (tertiary/aromatic N) is 3. The van der Waals surface area contributed by atoms with Crippen LogP contribution < -0.4 is 0 Å². The summed E-state index contributed by atoms with van der Waals surface area (Å²) in [5, 5.41) is 0.739. The maximum atomic E-state index is 11.6. The van der Waals surface area contributed by atoms with E-state index in [9.17, 15) is 4.79 Å². The molecule has 32 heavy (non-hydrogen) atoms. The lowest BCUT2D eigenvalue weighted by molar-refractivity contribution is -0.116. The topological polar surface area (TPSA) is 61.9 Å². The van der Waals surface area contributed by atoms with Crippen LogP contribution >= 0.6 is 22.9 Å². The molecule has 1 N–H and O–H groups in total. The van der Waals surface area contributed by atoms with Gasteiger partial charge < -0.3 is 4.98 Å². The molecule has 1 fully saturated rings. The van der Waals surface area contributed by atoms with Gasteiger partial charge in [-0.1, -0.05) is 23.7 Å². The van der Waals surface area contributed by atoms with Gasteiger partial charge in [-0.15, -0.1) is 11.3 Å². The van der Waals surface area contributed by atoms with Gasteiger partial charge in [0.2, 0.25) is 0 Å². The van der Waals surface area contributed by atoms with E-state index in [1.807, 2.05) is 30.5 Å². The van der Waals surface area contributed by atoms with E-state index in [1.165, 1.54) is 17.5 Å². The summed E-state index contributed by atoms with van der Waals surface area (Å²) in [6, 6.07) is 14.6. The molecule has 3 aromatic heterocycles. The van der Waals surface area contributed by atoms with E-state index < -0.39 is 0 Å². The average molecular weight is 463 g/mol. The number of halogens is 1. The number of nitrogens with one attached hydrogen (secondary N) is 1. The molecule has 1 atom stereocenters. The minimum Gasteiger partial charge on any atom is -0.344 e. The fourth-order valence-corrected chi connectivity index (χ4v) is 5.41. The molecular formula is C25H23ClN4OS. The molecule has 5 nitrogen and oxygen atoms in total. The minimum absolute atomic E-state index is 0.110. The molecule has 5 rings (SSSR count). The van der Waals surface area contributed by atoms with Crippen LogP contribution in [0.15, 0.2) is 61.1 Å². The van der Waals surface area contributed by atoms with Gasteiger partial charge >= 0.3 is 0 Å². The van der Waals surface area contributed by atoms with Crippen LogP contribution in [0.5, 0.6) is 0 Å². The van der Waals surface area contributed by atoms with Gasteiger partial charge in [0, 0.05) is 53.7 Å². The molecule has 162 valence electrons. The van der Waals surface area contributed by atoms with Gasteiger partial charge in [-0.3, -0.25) is 14.7 Å². The normalized spacial score (nSPS) is 14.8. The first-order valence-corrected chi connectivity index (χ1v) is 11.9. The van der Waals surface area contributed by atoms with Crippen LogP contribution in [0.1, 0.15) is 36.2 Å². The first kappa shape index (κ1) is 21.1. The number of aromatic amines is 1. The zero-order valence-corrected chi connectivity index (χ0v) is 19.3. The predicted octanol–water partition coefficient (Wildman–Crippen LogP) is 5.78. The third-order valence-corrected chi connectivity index (χ3v) is 7.20. The van der Waals surface area contributed by atoms with Crippen LogP contribution in [0, 0.1) is 0 Å². The van der Waals surface area contributed by atoms with Crippen molar-refractivity contribution in [2.24, 2.45) is 0 Å². The molecule has 7 heteroatoms. The van der Waals surface area contributed by atoms with Crippen molar-refractivity contribution in [3.8, 4) is 21.1 Å². The van der Waals surface area contributed by atoms with Crippen LogP contribution in [0.4, 0.5) is 0 Å². The molecule has 0 amide bonds. The SMILES string of the molecule is CC(=O)Cc1cc(-c2cc([C@H](c3ccc(Cl)cc3)N3CCC3)c(-c3ncc[nH]3)s2)ccn1. The quantitative estimate of drug-likeness (QED) is 0.378. The zero-order valence-electron chi connectivity index (χ0n) is 17.7. The van der Waals surface area contributed by atoms with Crippen LogP contribution in [0.3, 0.4) is 0 Å². The fraction of sp³-hybridized carbons (Fsp3) is 0.240. The van der Waals surface area contributed by atoms with Gasteiger partial charge in [-0.05, 0) is 60.4 Å². The number of rotatable bonds is 7. The molecule has 0 saturated carbocycles. The second-order valence-corrected chi connectivity index (χ2v) is 9.58. The fourth-order valence-electron chi connectivity index (χ4n) is 4.14. The molecule has 4 heterocycles. The Morgan fingerprint density at radius 3 is 2.62 bits per heavy atom. The number of thiophene rings is 1. The van der Waals surface area contributed by atoms with Crippen LogP contribution in [-0.2, 0) is 11.2 Å². The highest BCUT2D eigenvalue weighted by atomic mass is 35.5. The number of benzene rings is 1. The number of pyridine rings is 1. The number of carbonyl (C=O) groups is 1. The molecule has 0 unspecified atom stereocenters. The maximum Gasteiger partial charge on any atom is 0.147 e. The molecule has 1 aliphatic heterocycles. The summed E-state index contributed by atoms with van der Waals surface area (Å²) in [5.74, 6) is 0.979. The first-order chi connectivity index (χ1) is 15.6. The number of carbonyl (C=O) groups excluding carboxylic acids is 1. The second kappa shape index (κ2) is 8.98. The summed E-state index contributed by atoms with van der Waals surface area (Å²) in [7, 11) is 0. The van der Waals surface area contributed by atoms with Gasteiger partial charge in [-0.2, -0.15) is 0 Å². The van der Waals surface area contributed by atoms with Gasteiger partial charge in [0.05, 0.1) is 10.9 Å². The number of imidazole rings is 1. The number of aromatic nitrogens is 3. The third-order valence-electron chi connectivity index (χ3n) is 5.74. The van der Waals surface area contributed by atoms with Crippen LogP contribution in [0.25, 0.3) is 21.1 Å². The third kappa shape index (κ3) is 4.26. The largest absolute Gasteiger partial charge is 0.344 e. The minimum atomic E-state index is 0.110. The summed E-state index contributed by atoms with van der Waals surface area (Å²) in [4.78, 5) is 28.6. The van der Waals surface area contributed by atoms with Crippen LogP contribution in [-0.4, -0.2) is 38.7 Å². The van der Waals surface area contributed by atoms with Crippen molar-refractivity contribution in [1.82, 2.24) is 19.9 Å². The van der Waals surface area contributed by atoms with E-state index in [0.29, 0.717) is 6.42 Å². The number of hydrogen-bond donors (Lipinski definition) is 1. The predicted molar refractivity (Wildman–Crippen MR) is 129 cm³/mol. The van der Waals surface area contributed by atoms with E-state index in [-0.39, 0.29) is 11.8 Å². The Kier molecular flexibility index (Phi) is 5.91. The smallest absolute Gasteiger partial charge is 0.147 e. The van der Waals surface area contributed by atoms with Crippen molar-refractivity contribution >= 4 is 28.7 Å². The molecule has 0 radical (unpaired) electrons. The maximum absolute atomic E-state index is 11.6. The Bertz CT molecular complexity index is 1230. The highest BCUT2D eigenvalue weighted by Crippen LogP contribution is 2.44. The summed E-state index contributed by atoms with van der Waals surface area (Å²) < 4.78 is 0.